The summed E-state index contributed by atoms with van der Waals surface area (Å²) in [5, 5.41) is 12.0. The number of hydrogen-bond donors (Lipinski definition) is 1. The first-order valence-electron chi connectivity index (χ1n) is 7.35. The van der Waals surface area contributed by atoms with E-state index in [1.54, 1.807) is 18.3 Å². The predicted molar refractivity (Wildman–Crippen MR) is 95.5 cm³/mol. The third-order valence-corrected chi connectivity index (χ3v) is 3.35. The highest BCUT2D eigenvalue weighted by atomic mass is 35.5. The Morgan fingerprint density at radius 1 is 0.958 bits per heavy atom. The van der Waals surface area contributed by atoms with Crippen LogP contribution in [0.5, 0.6) is 5.75 Å². The molecule has 3 aromatic rings. The molecule has 0 amide bonds. The number of aromatic nitrogens is 2. The molecule has 0 radical (unpaired) electrons. The summed E-state index contributed by atoms with van der Waals surface area (Å²) in [6.07, 6.45) is 1.69. The fourth-order valence-electron chi connectivity index (χ4n) is 1.94. The van der Waals surface area contributed by atoms with Crippen molar-refractivity contribution in [3.8, 4) is 5.75 Å². The molecule has 5 nitrogen and oxygen atoms in total. The Bertz CT molecular complexity index is 790. The van der Waals surface area contributed by atoms with Crippen LogP contribution in [-0.4, -0.2) is 16.4 Å². The number of nitrogens with one attached hydrogen (secondary N) is 1. The molecule has 0 aliphatic carbocycles. The van der Waals surface area contributed by atoms with E-state index in [2.05, 4.69) is 20.7 Å². The number of rotatable bonds is 6. The quantitative estimate of drug-likeness (QED) is 0.541. The highest BCUT2D eigenvalue weighted by Gasteiger charge is 1.96. The number of ether oxygens (including phenoxy) is 1. The average molecular weight is 339 g/mol. The summed E-state index contributed by atoms with van der Waals surface area (Å²) in [6.45, 7) is 0.547. The van der Waals surface area contributed by atoms with Gasteiger partial charge < -0.3 is 4.74 Å². The van der Waals surface area contributed by atoms with E-state index >= 15 is 0 Å². The van der Waals surface area contributed by atoms with Crippen LogP contribution in [0.15, 0.2) is 71.8 Å². The molecule has 24 heavy (non-hydrogen) atoms. The zero-order valence-corrected chi connectivity index (χ0v) is 13.5. The average Bonchev–Trinajstić information content (AvgIpc) is 2.64. The zero-order chi connectivity index (χ0) is 16.6. The second kappa shape index (κ2) is 8.08. The third-order valence-electron chi connectivity index (χ3n) is 3.15. The van der Waals surface area contributed by atoms with E-state index in [-0.39, 0.29) is 0 Å². The lowest BCUT2D eigenvalue weighted by molar-refractivity contribution is 0.306. The van der Waals surface area contributed by atoms with Crippen LogP contribution in [0.2, 0.25) is 5.15 Å². The number of hydrazone groups is 1. The summed E-state index contributed by atoms with van der Waals surface area (Å²) in [7, 11) is 0. The topological polar surface area (TPSA) is 59.4 Å². The van der Waals surface area contributed by atoms with Gasteiger partial charge in [-0.05, 0) is 47.5 Å². The first-order chi connectivity index (χ1) is 11.8. The molecule has 0 saturated heterocycles. The highest BCUT2D eigenvalue weighted by Crippen LogP contribution is 2.13. The van der Waals surface area contributed by atoms with Gasteiger partial charge in [-0.1, -0.05) is 41.9 Å². The molecule has 6 heteroatoms. The molecule has 2 aromatic carbocycles. The lowest BCUT2D eigenvalue weighted by atomic mass is 10.2. The number of benzene rings is 2. The van der Waals surface area contributed by atoms with E-state index in [9.17, 15) is 0 Å². The lowest BCUT2D eigenvalue weighted by Gasteiger charge is -2.06. The van der Waals surface area contributed by atoms with E-state index in [0.29, 0.717) is 17.6 Å². The second-order valence-electron chi connectivity index (χ2n) is 4.95. The van der Waals surface area contributed by atoms with Crippen molar-refractivity contribution in [3.05, 3.63) is 83.0 Å². The number of halogens is 1. The van der Waals surface area contributed by atoms with Gasteiger partial charge in [-0.15, -0.1) is 10.2 Å². The van der Waals surface area contributed by atoms with Gasteiger partial charge in [-0.25, -0.2) is 0 Å². The van der Waals surface area contributed by atoms with Gasteiger partial charge in [0.25, 0.3) is 0 Å². The molecule has 1 aromatic heterocycles. The Balaban J connectivity index is 1.52. The van der Waals surface area contributed by atoms with E-state index in [0.717, 1.165) is 16.9 Å². The van der Waals surface area contributed by atoms with E-state index in [4.69, 9.17) is 16.3 Å². The van der Waals surface area contributed by atoms with Gasteiger partial charge in [0.2, 0.25) is 0 Å². The SMILES string of the molecule is Clc1ccc(N/N=C/c2ccc(OCc3ccccc3)cc2)nn1. The molecule has 120 valence electrons. The number of anilines is 1. The summed E-state index contributed by atoms with van der Waals surface area (Å²) >= 11 is 5.67. The van der Waals surface area contributed by atoms with Crippen molar-refractivity contribution in [1.82, 2.24) is 10.2 Å². The minimum Gasteiger partial charge on any atom is -0.489 e. The largest absolute Gasteiger partial charge is 0.489 e. The van der Waals surface area contributed by atoms with Crippen molar-refractivity contribution >= 4 is 23.6 Å². The van der Waals surface area contributed by atoms with Crippen molar-refractivity contribution in [2.45, 2.75) is 6.61 Å². The molecule has 0 aliphatic heterocycles. The van der Waals surface area contributed by atoms with Crippen LogP contribution in [-0.2, 0) is 6.61 Å². The molecule has 0 saturated carbocycles. The third kappa shape index (κ3) is 4.79. The van der Waals surface area contributed by atoms with Gasteiger partial charge >= 0.3 is 0 Å². The summed E-state index contributed by atoms with van der Waals surface area (Å²) in [5.74, 6) is 1.34. The van der Waals surface area contributed by atoms with Gasteiger partial charge in [0.05, 0.1) is 6.21 Å². The normalized spacial score (nSPS) is 10.7. The summed E-state index contributed by atoms with van der Waals surface area (Å²) in [4.78, 5) is 0. The first-order valence-corrected chi connectivity index (χ1v) is 7.72. The monoisotopic (exact) mass is 338 g/mol. The van der Waals surface area contributed by atoms with Crippen LogP contribution < -0.4 is 10.2 Å². The van der Waals surface area contributed by atoms with Crippen LogP contribution in [0.25, 0.3) is 0 Å². The maximum atomic E-state index is 5.74. The van der Waals surface area contributed by atoms with Crippen molar-refractivity contribution in [2.24, 2.45) is 5.10 Å². The van der Waals surface area contributed by atoms with Crippen LogP contribution in [0.4, 0.5) is 5.82 Å². The molecule has 0 spiro atoms. The Morgan fingerprint density at radius 2 is 1.75 bits per heavy atom. The van der Waals surface area contributed by atoms with Crippen molar-refractivity contribution < 1.29 is 4.74 Å². The van der Waals surface area contributed by atoms with Gasteiger partial charge in [0, 0.05) is 0 Å². The smallest absolute Gasteiger partial charge is 0.168 e. The first kappa shape index (κ1) is 16.0. The van der Waals surface area contributed by atoms with Crippen molar-refractivity contribution in [2.75, 3.05) is 5.43 Å². The van der Waals surface area contributed by atoms with Gasteiger partial charge in [-0.2, -0.15) is 5.10 Å². The molecule has 3 rings (SSSR count). The van der Waals surface area contributed by atoms with Crippen LogP contribution in [0.3, 0.4) is 0 Å². The van der Waals surface area contributed by atoms with Gasteiger partial charge in [0.1, 0.15) is 12.4 Å². The number of hydrogen-bond acceptors (Lipinski definition) is 5. The number of nitrogens with zero attached hydrogens (tertiary/aromatic N) is 3. The fraction of sp³-hybridized carbons (Fsp3) is 0.0556. The molecular weight excluding hydrogens is 324 g/mol. The fourth-order valence-corrected chi connectivity index (χ4v) is 2.04. The molecular formula is C18H15ClN4O. The second-order valence-corrected chi connectivity index (χ2v) is 5.34. The molecule has 0 atom stereocenters. The molecule has 0 aliphatic rings. The van der Waals surface area contributed by atoms with E-state index in [1.807, 2.05) is 54.6 Å². The van der Waals surface area contributed by atoms with Crippen LogP contribution in [0.1, 0.15) is 11.1 Å². The lowest BCUT2D eigenvalue weighted by Crippen LogP contribution is -1.96. The zero-order valence-electron chi connectivity index (χ0n) is 12.8. The molecule has 1 heterocycles. The predicted octanol–water partition coefficient (Wildman–Crippen LogP) is 4.16. The van der Waals surface area contributed by atoms with E-state index < -0.39 is 0 Å². The summed E-state index contributed by atoms with van der Waals surface area (Å²) in [5.41, 5.74) is 4.86. The van der Waals surface area contributed by atoms with Gasteiger partial charge in [0.15, 0.2) is 11.0 Å². The van der Waals surface area contributed by atoms with E-state index in [1.165, 1.54) is 0 Å². The maximum absolute atomic E-state index is 5.74. The highest BCUT2D eigenvalue weighted by molar-refractivity contribution is 6.29. The Labute approximate surface area is 145 Å². The molecule has 1 N–H and O–H groups in total. The Hall–Kier alpha value is -2.92. The minimum atomic E-state index is 0.343. The van der Waals surface area contributed by atoms with Gasteiger partial charge in [-0.3, -0.25) is 5.43 Å². The van der Waals surface area contributed by atoms with Crippen molar-refractivity contribution in [3.63, 3.8) is 0 Å². The Kier molecular flexibility index (Phi) is 5.37. The molecule has 0 bridgehead atoms. The summed E-state index contributed by atoms with van der Waals surface area (Å²) in [6, 6.07) is 21.1. The molecule has 0 fully saturated rings. The summed E-state index contributed by atoms with van der Waals surface area (Å²) < 4.78 is 5.74. The van der Waals surface area contributed by atoms with Crippen LogP contribution >= 0.6 is 11.6 Å². The Morgan fingerprint density at radius 3 is 2.46 bits per heavy atom. The van der Waals surface area contributed by atoms with Crippen molar-refractivity contribution in [1.29, 1.82) is 0 Å². The van der Waals surface area contributed by atoms with Crippen LogP contribution in [0, 0.1) is 0 Å². The molecule has 0 unspecified atom stereocenters. The minimum absolute atomic E-state index is 0.343. The maximum Gasteiger partial charge on any atom is 0.168 e. The standard InChI is InChI=1S/C18H15ClN4O/c19-17-10-11-18(23-21-17)22-20-12-14-6-8-16(9-7-14)24-13-15-4-2-1-3-5-15/h1-12H,13H2,(H,22,23)/b20-12+.